The Morgan fingerprint density at radius 1 is 0.955 bits per heavy atom. The van der Waals surface area contributed by atoms with Gasteiger partial charge in [-0.05, 0) is 22.6 Å². The summed E-state index contributed by atoms with van der Waals surface area (Å²) in [5.41, 5.74) is 3.23. The molecule has 1 aromatic heterocycles. The van der Waals surface area contributed by atoms with Crippen LogP contribution in [0.4, 0.5) is 0 Å². The van der Waals surface area contributed by atoms with Crippen LogP contribution in [0.15, 0.2) is 72.1 Å². The number of rotatable bonds is 4. The monoisotopic (exact) mass is 307 g/mol. The number of carbonyl (C=O) groups is 1. The number of benzene rings is 2. The second-order valence-corrected chi connectivity index (χ2v) is 6.09. The number of amides is 1. The van der Waals surface area contributed by atoms with Crippen molar-refractivity contribution in [3.8, 4) is 11.1 Å². The number of hydrogen-bond donors (Lipinski definition) is 0. The van der Waals surface area contributed by atoms with Gasteiger partial charge in [0.2, 0.25) is 0 Å². The van der Waals surface area contributed by atoms with Crippen LogP contribution in [0.1, 0.15) is 15.2 Å². The Balaban J connectivity index is 1.83. The summed E-state index contributed by atoms with van der Waals surface area (Å²) < 4.78 is 0. The molecule has 22 heavy (non-hydrogen) atoms. The Morgan fingerprint density at radius 2 is 1.59 bits per heavy atom. The van der Waals surface area contributed by atoms with Crippen molar-refractivity contribution in [2.24, 2.45) is 0 Å². The highest BCUT2D eigenvalue weighted by Gasteiger charge is 2.18. The van der Waals surface area contributed by atoms with Crippen LogP contribution in [0.5, 0.6) is 0 Å². The number of thiophene rings is 1. The molecule has 0 saturated carbocycles. The number of hydrogen-bond acceptors (Lipinski definition) is 2. The molecule has 1 amide bonds. The van der Waals surface area contributed by atoms with Crippen molar-refractivity contribution in [2.45, 2.75) is 6.54 Å². The van der Waals surface area contributed by atoms with Crippen LogP contribution in [0.3, 0.4) is 0 Å². The second-order valence-electron chi connectivity index (χ2n) is 5.18. The van der Waals surface area contributed by atoms with Crippen LogP contribution in [-0.4, -0.2) is 17.9 Å². The molecule has 0 spiro atoms. The lowest BCUT2D eigenvalue weighted by atomic mass is 10.1. The first-order chi connectivity index (χ1) is 10.8. The van der Waals surface area contributed by atoms with Gasteiger partial charge in [-0.3, -0.25) is 4.79 Å². The molecule has 0 aliphatic heterocycles. The average Bonchev–Trinajstić information content (AvgIpc) is 3.05. The molecule has 2 nitrogen and oxygen atoms in total. The summed E-state index contributed by atoms with van der Waals surface area (Å²) in [5, 5.41) is 1.98. The zero-order valence-electron chi connectivity index (χ0n) is 12.4. The Labute approximate surface area is 134 Å². The molecule has 110 valence electrons. The van der Waals surface area contributed by atoms with Crippen molar-refractivity contribution < 1.29 is 4.79 Å². The molecule has 0 radical (unpaired) electrons. The van der Waals surface area contributed by atoms with E-state index in [4.69, 9.17) is 0 Å². The fraction of sp³-hybridized carbons (Fsp3) is 0.105. The van der Waals surface area contributed by atoms with Gasteiger partial charge in [0, 0.05) is 19.2 Å². The van der Waals surface area contributed by atoms with Gasteiger partial charge < -0.3 is 4.90 Å². The molecule has 2 aromatic carbocycles. The van der Waals surface area contributed by atoms with Gasteiger partial charge in [-0.1, -0.05) is 60.7 Å². The molecule has 0 saturated heterocycles. The lowest BCUT2D eigenvalue weighted by molar-refractivity contribution is 0.0790. The smallest absolute Gasteiger partial charge is 0.264 e. The third-order valence-corrected chi connectivity index (χ3v) is 4.46. The zero-order valence-corrected chi connectivity index (χ0v) is 13.2. The van der Waals surface area contributed by atoms with E-state index >= 15 is 0 Å². The third kappa shape index (κ3) is 3.10. The predicted molar refractivity (Wildman–Crippen MR) is 92.0 cm³/mol. The predicted octanol–water partition coefficient (Wildman–Crippen LogP) is 4.69. The van der Waals surface area contributed by atoms with E-state index in [0.717, 1.165) is 21.6 Å². The molecule has 0 aliphatic rings. The molecular weight excluding hydrogens is 290 g/mol. The highest BCUT2D eigenvalue weighted by Crippen LogP contribution is 2.29. The molecule has 0 unspecified atom stereocenters. The van der Waals surface area contributed by atoms with Crippen molar-refractivity contribution in [3.63, 3.8) is 0 Å². The van der Waals surface area contributed by atoms with E-state index in [1.165, 1.54) is 11.3 Å². The Kier molecular flexibility index (Phi) is 4.35. The van der Waals surface area contributed by atoms with Gasteiger partial charge in [-0.2, -0.15) is 0 Å². The molecule has 3 heteroatoms. The van der Waals surface area contributed by atoms with Crippen molar-refractivity contribution in [1.29, 1.82) is 0 Å². The quantitative estimate of drug-likeness (QED) is 0.685. The minimum Gasteiger partial charge on any atom is -0.337 e. The van der Waals surface area contributed by atoms with Gasteiger partial charge in [0.25, 0.3) is 5.91 Å². The Hall–Kier alpha value is -2.39. The van der Waals surface area contributed by atoms with E-state index in [1.54, 1.807) is 4.90 Å². The van der Waals surface area contributed by atoms with Crippen molar-refractivity contribution in [2.75, 3.05) is 7.05 Å². The molecule has 3 rings (SSSR count). The molecule has 0 atom stereocenters. The minimum absolute atomic E-state index is 0.0673. The summed E-state index contributed by atoms with van der Waals surface area (Å²) in [6, 6.07) is 22.1. The topological polar surface area (TPSA) is 20.3 Å². The Morgan fingerprint density at radius 3 is 2.27 bits per heavy atom. The fourth-order valence-electron chi connectivity index (χ4n) is 2.42. The van der Waals surface area contributed by atoms with Crippen LogP contribution < -0.4 is 0 Å². The maximum Gasteiger partial charge on any atom is 0.264 e. The Bertz CT molecular complexity index is 749. The van der Waals surface area contributed by atoms with Gasteiger partial charge in [0.05, 0.1) is 4.88 Å². The summed E-state index contributed by atoms with van der Waals surface area (Å²) in [7, 11) is 1.85. The van der Waals surface area contributed by atoms with E-state index in [9.17, 15) is 4.79 Å². The van der Waals surface area contributed by atoms with Crippen LogP contribution in [0.25, 0.3) is 11.1 Å². The molecular formula is C19H17NOS. The second kappa shape index (κ2) is 6.58. The lowest BCUT2D eigenvalue weighted by Crippen LogP contribution is -2.25. The highest BCUT2D eigenvalue weighted by atomic mass is 32.1. The minimum atomic E-state index is 0.0673. The molecule has 0 aliphatic carbocycles. The lowest BCUT2D eigenvalue weighted by Gasteiger charge is -2.17. The summed E-state index contributed by atoms with van der Waals surface area (Å²) >= 11 is 1.50. The van der Waals surface area contributed by atoms with E-state index in [0.29, 0.717) is 6.54 Å². The van der Waals surface area contributed by atoms with Gasteiger partial charge in [-0.15, -0.1) is 11.3 Å². The zero-order chi connectivity index (χ0) is 15.4. The highest BCUT2D eigenvalue weighted by molar-refractivity contribution is 7.12. The molecule has 3 aromatic rings. The van der Waals surface area contributed by atoms with Crippen LogP contribution in [0.2, 0.25) is 0 Å². The summed E-state index contributed by atoms with van der Waals surface area (Å²) in [4.78, 5) is 15.3. The van der Waals surface area contributed by atoms with Gasteiger partial charge in [0.15, 0.2) is 0 Å². The molecule has 0 N–H and O–H groups in total. The van der Waals surface area contributed by atoms with Gasteiger partial charge >= 0.3 is 0 Å². The standard InChI is InChI=1S/C19H17NOS/c1-20(14-15-8-4-2-5-9-15)19(21)18-17(12-13-22-18)16-10-6-3-7-11-16/h2-13H,14H2,1H3. The van der Waals surface area contributed by atoms with Gasteiger partial charge in [0.1, 0.15) is 0 Å². The first-order valence-corrected chi connectivity index (χ1v) is 8.06. The van der Waals surface area contributed by atoms with E-state index < -0.39 is 0 Å². The normalized spacial score (nSPS) is 10.4. The van der Waals surface area contributed by atoms with Crippen LogP contribution in [0, 0.1) is 0 Å². The number of nitrogens with zero attached hydrogens (tertiary/aromatic N) is 1. The van der Waals surface area contributed by atoms with Crippen molar-refractivity contribution >= 4 is 17.2 Å². The maximum absolute atomic E-state index is 12.7. The SMILES string of the molecule is CN(Cc1ccccc1)C(=O)c1sccc1-c1ccccc1. The molecule has 0 fully saturated rings. The maximum atomic E-state index is 12.7. The summed E-state index contributed by atoms with van der Waals surface area (Å²) in [6.45, 7) is 0.617. The molecule has 0 bridgehead atoms. The first kappa shape index (κ1) is 14.5. The third-order valence-electron chi connectivity index (χ3n) is 3.55. The van der Waals surface area contributed by atoms with Crippen LogP contribution >= 0.6 is 11.3 Å². The van der Waals surface area contributed by atoms with E-state index in [2.05, 4.69) is 0 Å². The summed E-state index contributed by atoms with van der Waals surface area (Å²) in [5.74, 6) is 0.0673. The van der Waals surface area contributed by atoms with E-state index in [1.807, 2.05) is 79.2 Å². The largest absolute Gasteiger partial charge is 0.337 e. The molecule has 1 heterocycles. The fourth-order valence-corrected chi connectivity index (χ4v) is 3.33. The average molecular weight is 307 g/mol. The van der Waals surface area contributed by atoms with Crippen molar-refractivity contribution in [3.05, 3.63) is 82.6 Å². The number of carbonyl (C=O) groups excluding carboxylic acids is 1. The van der Waals surface area contributed by atoms with E-state index in [-0.39, 0.29) is 5.91 Å². The van der Waals surface area contributed by atoms with Crippen molar-refractivity contribution in [1.82, 2.24) is 4.90 Å². The van der Waals surface area contributed by atoms with Gasteiger partial charge in [-0.25, -0.2) is 0 Å². The first-order valence-electron chi connectivity index (χ1n) is 7.18. The van der Waals surface area contributed by atoms with Crippen LogP contribution in [-0.2, 0) is 6.54 Å². The summed E-state index contributed by atoms with van der Waals surface area (Å²) in [6.07, 6.45) is 0.